The highest BCUT2D eigenvalue weighted by Gasteiger charge is 2.24. The minimum Gasteiger partial charge on any atom is -0.385 e. The second-order valence-corrected chi connectivity index (χ2v) is 6.88. The van der Waals surface area contributed by atoms with Gasteiger partial charge in [-0.1, -0.05) is 0 Å². The zero-order valence-electron chi connectivity index (χ0n) is 13.5. The van der Waals surface area contributed by atoms with E-state index in [2.05, 4.69) is 20.6 Å². The molecule has 0 aliphatic heterocycles. The lowest BCUT2D eigenvalue weighted by Gasteiger charge is -2.07. The Morgan fingerprint density at radius 3 is 3.00 bits per heavy atom. The molecule has 23 heavy (non-hydrogen) atoms. The van der Waals surface area contributed by atoms with Crippen LogP contribution in [-0.2, 0) is 4.74 Å². The summed E-state index contributed by atoms with van der Waals surface area (Å²) in [5.74, 6) is 1.47. The number of aryl methyl sites for hydroxylation is 1. The van der Waals surface area contributed by atoms with Gasteiger partial charge in [-0.15, -0.1) is 11.3 Å². The number of thiophene rings is 1. The van der Waals surface area contributed by atoms with Gasteiger partial charge in [0.05, 0.1) is 10.3 Å². The van der Waals surface area contributed by atoms with Gasteiger partial charge in [-0.05, 0) is 37.7 Å². The largest absolute Gasteiger partial charge is 0.385 e. The second-order valence-electron chi connectivity index (χ2n) is 5.89. The fraction of sp³-hybridized carbons (Fsp3) is 0.562. The van der Waals surface area contributed by atoms with Crippen molar-refractivity contribution in [1.82, 2.24) is 15.3 Å². The Hall–Kier alpha value is -1.73. The van der Waals surface area contributed by atoms with Gasteiger partial charge < -0.3 is 15.4 Å². The van der Waals surface area contributed by atoms with Crippen LogP contribution in [0.15, 0.2) is 6.33 Å². The Balaban J connectivity index is 1.78. The molecule has 1 aliphatic rings. The van der Waals surface area contributed by atoms with Gasteiger partial charge in [-0.25, -0.2) is 9.97 Å². The molecule has 0 spiro atoms. The van der Waals surface area contributed by atoms with Crippen LogP contribution in [0.5, 0.6) is 0 Å². The number of rotatable bonds is 8. The standard InChI is InChI=1S/C16H22N4O2S/c1-10-12-14(17-6-3-7-22-2)19-9-20-16(12)23-13(10)15(21)18-8-11-4-5-11/h9,11H,3-8H2,1-2H3,(H,18,21)(H,17,19,20). The summed E-state index contributed by atoms with van der Waals surface area (Å²) in [6, 6.07) is 0. The van der Waals surface area contributed by atoms with Crippen LogP contribution >= 0.6 is 11.3 Å². The van der Waals surface area contributed by atoms with Crippen LogP contribution in [0, 0.1) is 12.8 Å². The van der Waals surface area contributed by atoms with E-state index in [9.17, 15) is 4.79 Å². The molecule has 7 heteroatoms. The Kier molecular flexibility index (Phi) is 5.07. The maximum absolute atomic E-state index is 12.4. The van der Waals surface area contributed by atoms with Crippen molar-refractivity contribution in [3.8, 4) is 0 Å². The molecule has 124 valence electrons. The van der Waals surface area contributed by atoms with Crippen molar-refractivity contribution in [2.75, 3.05) is 32.1 Å². The monoisotopic (exact) mass is 334 g/mol. The number of carbonyl (C=O) groups is 1. The molecule has 0 unspecified atom stereocenters. The molecule has 0 radical (unpaired) electrons. The summed E-state index contributed by atoms with van der Waals surface area (Å²) in [5.41, 5.74) is 0.952. The van der Waals surface area contributed by atoms with E-state index in [0.29, 0.717) is 12.5 Å². The molecule has 1 amide bonds. The number of ether oxygens (including phenoxy) is 1. The number of anilines is 1. The van der Waals surface area contributed by atoms with Crippen LogP contribution in [-0.4, -0.2) is 42.7 Å². The summed E-state index contributed by atoms with van der Waals surface area (Å²) >= 11 is 1.43. The molecule has 2 heterocycles. The van der Waals surface area contributed by atoms with Crippen LogP contribution in [0.1, 0.15) is 34.5 Å². The minimum atomic E-state index is 0.00253. The highest BCUT2D eigenvalue weighted by Crippen LogP contribution is 2.33. The SMILES string of the molecule is COCCCNc1ncnc2sc(C(=O)NCC3CC3)c(C)c12. The fourth-order valence-corrected chi connectivity index (χ4v) is 3.55. The van der Waals surface area contributed by atoms with E-state index in [1.165, 1.54) is 24.2 Å². The van der Waals surface area contributed by atoms with Crippen LogP contribution in [0.25, 0.3) is 10.2 Å². The highest BCUT2D eigenvalue weighted by molar-refractivity contribution is 7.20. The van der Waals surface area contributed by atoms with Crippen molar-refractivity contribution in [2.45, 2.75) is 26.2 Å². The average molecular weight is 334 g/mol. The van der Waals surface area contributed by atoms with Crippen molar-refractivity contribution < 1.29 is 9.53 Å². The van der Waals surface area contributed by atoms with Crippen molar-refractivity contribution in [1.29, 1.82) is 0 Å². The van der Waals surface area contributed by atoms with Crippen molar-refractivity contribution in [3.63, 3.8) is 0 Å². The molecule has 1 saturated carbocycles. The van der Waals surface area contributed by atoms with Gasteiger partial charge in [0.25, 0.3) is 5.91 Å². The quantitative estimate of drug-likeness (QED) is 0.726. The Morgan fingerprint density at radius 2 is 2.26 bits per heavy atom. The number of fused-ring (bicyclic) bond motifs is 1. The number of amides is 1. The lowest BCUT2D eigenvalue weighted by atomic mass is 10.2. The number of hydrogen-bond donors (Lipinski definition) is 2. The Labute approximate surface area is 139 Å². The van der Waals surface area contributed by atoms with Gasteiger partial charge >= 0.3 is 0 Å². The summed E-state index contributed by atoms with van der Waals surface area (Å²) in [6.07, 6.45) is 4.90. The van der Waals surface area contributed by atoms with E-state index in [1.807, 2.05) is 6.92 Å². The minimum absolute atomic E-state index is 0.00253. The highest BCUT2D eigenvalue weighted by atomic mass is 32.1. The van der Waals surface area contributed by atoms with Crippen LogP contribution in [0.2, 0.25) is 0 Å². The van der Waals surface area contributed by atoms with Gasteiger partial charge in [-0.2, -0.15) is 0 Å². The fourth-order valence-electron chi connectivity index (χ4n) is 2.48. The first kappa shape index (κ1) is 16.1. The zero-order valence-corrected chi connectivity index (χ0v) is 14.3. The lowest BCUT2D eigenvalue weighted by Crippen LogP contribution is -2.25. The van der Waals surface area contributed by atoms with Gasteiger partial charge in [-0.3, -0.25) is 4.79 Å². The zero-order chi connectivity index (χ0) is 16.2. The van der Waals surface area contributed by atoms with E-state index in [-0.39, 0.29) is 5.91 Å². The molecule has 0 aromatic carbocycles. The molecule has 1 aliphatic carbocycles. The third kappa shape index (κ3) is 3.79. The molecule has 0 bridgehead atoms. The number of nitrogens with zero attached hydrogens (tertiary/aromatic N) is 2. The van der Waals surface area contributed by atoms with Gasteiger partial charge in [0.15, 0.2) is 0 Å². The topological polar surface area (TPSA) is 76.1 Å². The second kappa shape index (κ2) is 7.23. The number of methoxy groups -OCH3 is 1. The number of carbonyl (C=O) groups excluding carboxylic acids is 1. The van der Waals surface area contributed by atoms with Crippen LogP contribution in [0.4, 0.5) is 5.82 Å². The third-order valence-electron chi connectivity index (χ3n) is 4.00. The van der Waals surface area contributed by atoms with Crippen LogP contribution < -0.4 is 10.6 Å². The first-order chi connectivity index (χ1) is 11.2. The maximum atomic E-state index is 12.4. The predicted octanol–water partition coefficient (Wildman–Crippen LogP) is 2.59. The molecule has 0 saturated heterocycles. The van der Waals surface area contributed by atoms with Gasteiger partial charge in [0.1, 0.15) is 17.0 Å². The molecule has 2 N–H and O–H groups in total. The number of nitrogens with one attached hydrogen (secondary N) is 2. The summed E-state index contributed by atoms with van der Waals surface area (Å²) in [4.78, 5) is 22.6. The summed E-state index contributed by atoms with van der Waals surface area (Å²) in [6.45, 7) is 4.23. The predicted molar refractivity (Wildman–Crippen MR) is 92.2 cm³/mol. The number of hydrogen-bond acceptors (Lipinski definition) is 6. The average Bonchev–Trinajstić information content (AvgIpc) is 3.32. The molecule has 6 nitrogen and oxygen atoms in total. The van der Waals surface area contributed by atoms with Gasteiger partial charge in [0, 0.05) is 26.8 Å². The molecular formula is C16H22N4O2S. The van der Waals surface area contributed by atoms with E-state index >= 15 is 0 Å². The van der Waals surface area contributed by atoms with Crippen molar-refractivity contribution >= 4 is 33.3 Å². The molecular weight excluding hydrogens is 312 g/mol. The first-order valence-corrected chi connectivity index (χ1v) is 8.77. The van der Waals surface area contributed by atoms with Crippen molar-refractivity contribution in [2.24, 2.45) is 5.92 Å². The molecule has 3 rings (SSSR count). The van der Waals surface area contributed by atoms with Crippen LogP contribution in [0.3, 0.4) is 0 Å². The summed E-state index contributed by atoms with van der Waals surface area (Å²) in [5, 5.41) is 7.30. The van der Waals surface area contributed by atoms with E-state index < -0.39 is 0 Å². The Morgan fingerprint density at radius 1 is 1.43 bits per heavy atom. The molecule has 0 atom stereocenters. The van der Waals surface area contributed by atoms with E-state index in [0.717, 1.165) is 46.0 Å². The van der Waals surface area contributed by atoms with E-state index in [4.69, 9.17) is 4.74 Å². The van der Waals surface area contributed by atoms with Crippen molar-refractivity contribution in [3.05, 3.63) is 16.8 Å². The number of aromatic nitrogens is 2. The molecule has 1 fully saturated rings. The van der Waals surface area contributed by atoms with Gasteiger partial charge in [0.2, 0.25) is 0 Å². The molecule has 2 aromatic rings. The maximum Gasteiger partial charge on any atom is 0.261 e. The smallest absolute Gasteiger partial charge is 0.261 e. The third-order valence-corrected chi connectivity index (χ3v) is 5.20. The first-order valence-electron chi connectivity index (χ1n) is 7.95. The molecule has 2 aromatic heterocycles. The Bertz CT molecular complexity index is 697. The van der Waals surface area contributed by atoms with E-state index in [1.54, 1.807) is 13.4 Å². The summed E-state index contributed by atoms with van der Waals surface area (Å²) < 4.78 is 5.05. The normalized spacial score (nSPS) is 14.2. The summed E-state index contributed by atoms with van der Waals surface area (Å²) in [7, 11) is 1.69. The lowest BCUT2D eigenvalue weighted by molar-refractivity contribution is 0.0955.